The van der Waals surface area contributed by atoms with Gasteiger partial charge in [-0.25, -0.2) is 18.0 Å². The highest BCUT2D eigenvalue weighted by molar-refractivity contribution is 8.04. The van der Waals surface area contributed by atoms with Gasteiger partial charge in [-0.1, -0.05) is 30.0 Å². The third kappa shape index (κ3) is 4.86. The number of fused-ring (bicyclic) bond motifs is 4. The maximum absolute atomic E-state index is 13.9. The predicted octanol–water partition coefficient (Wildman–Crippen LogP) is 1.25. The lowest BCUT2D eigenvalue weighted by atomic mass is 9.92. The molecule has 3 atom stereocenters. The van der Waals surface area contributed by atoms with Crippen LogP contribution >= 0.6 is 11.8 Å². The molecule has 15 heteroatoms. The first kappa shape index (κ1) is 31.2. The Hall–Kier alpha value is -3.37. The summed E-state index contributed by atoms with van der Waals surface area (Å²) in [6.07, 6.45) is -0.0698. The smallest absolute Gasteiger partial charge is 0.404 e. The van der Waals surface area contributed by atoms with Gasteiger partial charge in [-0.3, -0.25) is 14.0 Å². The van der Waals surface area contributed by atoms with Crippen LogP contribution in [0.15, 0.2) is 45.8 Å². The molecule has 8 rings (SSSR count). The van der Waals surface area contributed by atoms with Crippen molar-refractivity contribution in [1.82, 2.24) is 4.90 Å². The number of aliphatic hydroxyl groups excluding tert-OH is 1. The zero-order valence-electron chi connectivity index (χ0n) is 25.6. The molecule has 2 aromatic rings. The molecular formula is C31H39N5O8S2+2. The monoisotopic (exact) mass is 673 g/mol. The number of β-lactam (4-membered cyclic amide) rings is 1. The minimum Gasteiger partial charge on any atom is -0.477 e. The Morgan fingerprint density at radius 3 is 2.39 bits per heavy atom. The summed E-state index contributed by atoms with van der Waals surface area (Å²) in [5.74, 6) is -2.50. The SMILES string of the molecule is C[C@H](O)C1C(=O)N2C(C(=O)O)=C(CN3c4cccc5c(CC[N+]67CC[N+](CCCOC(N)=O)(CC6)CC7)ccc(c45)S3(=O)=O)SC12. The number of nitrogens with two attached hydrogens (primary N) is 1. The van der Waals surface area contributed by atoms with Crippen LogP contribution < -0.4 is 10.0 Å². The lowest BCUT2D eigenvalue weighted by Crippen LogP contribution is -2.75. The van der Waals surface area contributed by atoms with Crippen LogP contribution in [0.25, 0.3) is 10.8 Å². The number of carboxylic acids is 1. The van der Waals surface area contributed by atoms with Gasteiger partial charge in [0.25, 0.3) is 10.0 Å². The molecule has 0 aromatic heterocycles. The lowest BCUT2D eigenvalue weighted by molar-refractivity contribution is -1.08. The van der Waals surface area contributed by atoms with Gasteiger partial charge in [0.15, 0.2) is 0 Å². The first-order valence-corrected chi connectivity index (χ1v) is 18.0. The van der Waals surface area contributed by atoms with E-state index in [0.717, 1.165) is 96.9 Å². The molecule has 2 amide bonds. The maximum atomic E-state index is 13.9. The Morgan fingerprint density at radius 1 is 1.09 bits per heavy atom. The van der Waals surface area contributed by atoms with E-state index < -0.39 is 45.4 Å². The second-order valence-corrected chi connectivity index (χ2v) is 16.3. The van der Waals surface area contributed by atoms with Gasteiger partial charge in [0.05, 0.1) is 48.8 Å². The lowest BCUT2D eigenvalue weighted by Gasteiger charge is -2.55. The summed E-state index contributed by atoms with van der Waals surface area (Å²) in [5, 5.41) is 21.0. The number of anilines is 1. The number of benzene rings is 2. The van der Waals surface area contributed by atoms with Crippen molar-refractivity contribution in [2.45, 2.75) is 36.1 Å². The van der Waals surface area contributed by atoms with E-state index in [1.807, 2.05) is 18.2 Å². The van der Waals surface area contributed by atoms with Gasteiger partial charge in [-0.05, 0) is 30.0 Å². The molecule has 6 aliphatic heterocycles. The van der Waals surface area contributed by atoms with Crippen LogP contribution in [0.1, 0.15) is 18.9 Å². The van der Waals surface area contributed by atoms with Crippen LogP contribution in [-0.4, -0.2) is 127 Å². The van der Waals surface area contributed by atoms with Crippen LogP contribution in [0, 0.1) is 5.92 Å². The summed E-state index contributed by atoms with van der Waals surface area (Å²) in [7, 11) is -3.98. The number of rotatable bonds is 11. The summed E-state index contributed by atoms with van der Waals surface area (Å²) in [5.41, 5.74) is 6.47. The van der Waals surface area contributed by atoms with Crippen LogP contribution in [-0.2, 0) is 30.8 Å². The van der Waals surface area contributed by atoms with Gasteiger partial charge in [0.1, 0.15) is 50.3 Å². The van der Waals surface area contributed by atoms with Crippen molar-refractivity contribution in [3.05, 3.63) is 46.5 Å². The minimum atomic E-state index is -3.98. The van der Waals surface area contributed by atoms with Crippen LogP contribution in [0.3, 0.4) is 0 Å². The average Bonchev–Trinajstić information content (AvgIpc) is 3.45. The second kappa shape index (κ2) is 11.1. The van der Waals surface area contributed by atoms with Crippen molar-refractivity contribution in [3.63, 3.8) is 0 Å². The van der Waals surface area contributed by atoms with Gasteiger partial charge in [0.2, 0.25) is 5.91 Å². The topological polar surface area (TPSA) is 168 Å². The van der Waals surface area contributed by atoms with Gasteiger partial charge in [-0.15, -0.1) is 0 Å². The molecular weight excluding hydrogens is 635 g/mol. The Bertz CT molecular complexity index is 1770. The summed E-state index contributed by atoms with van der Waals surface area (Å²) in [4.78, 5) is 37.5. The van der Waals surface area contributed by atoms with Crippen LogP contribution in [0.4, 0.5) is 10.5 Å². The number of primary amides is 1. The van der Waals surface area contributed by atoms with E-state index in [2.05, 4.69) is 0 Å². The zero-order chi connectivity index (χ0) is 32.6. The van der Waals surface area contributed by atoms with E-state index in [1.165, 1.54) is 16.1 Å². The molecule has 4 fully saturated rings. The van der Waals surface area contributed by atoms with Gasteiger partial charge in [0, 0.05) is 23.1 Å². The van der Waals surface area contributed by atoms with Crippen molar-refractivity contribution in [1.29, 1.82) is 0 Å². The molecule has 0 spiro atoms. The molecule has 0 radical (unpaired) electrons. The van der Waals surface area contributed by atoms with E-state index in [0.29, 0.717) is 17.7 Å². The van der Waals surface area contributed by atoms with Gasteiger partial charge < -0.3 is 29.6 Å². The predicted molar refractivity (Wildman–Crippen MR) is 170 cm³/mol. The largest absolute Gasteiger partial charge is 0.477 e. The van der Waals surface area contributed by atoms with Crippen molar-refractivity contribution >= 4 is 56.2 Å². The number of aliphatic carboxylic acids is 1. The summed E-state index contributed by atoms with van der Waals surface area (Å²) >= 11 is 1.14. The number of aliphatic hydroxyl groups is 1. The molecule has 0 saturated carbocycles. The summed E-state index contributed by atoms with van der Waals surface area (Å²) in [6.45, 7) is 10.1. The number of carbonyl (C=O) groups is 3. The molecule has 13 nitrogen and oxygen atoms in total. The molecule has 0 aliphatic carbocycles. The number of nitrogens with zero attached hydrogens (tertiary/aromatic N) is 4. The standard InChI is InChI=1S/C31H37N5O8S2/c1-19(37)25-28(38)34-27(30(39)40)23(45-29(25)34)18-33-22-5-2-4-21-20(6-7-24(26(21)22)46(33,42)43)8-10-36-14-11-35(12-15-36,13-16-36)9-3-17-44-31(32)41/h2,4-7,19,25,29,37H,3,8-18H2,1H3,(H-2,32,39,40,41)/p+2/t19-,25?,29?,35?,36?/m0/s1. The fraction of sp³-hybridized carbons (Fsp3) is 0.516. The number of amides is 2. The third-order valence-corrected chi connectivity index (χ3v) is 13.9. The van der Waals surface area contributed by atoms with E-state index in [9.17, 15) is 33.0 Å². The molecule has 46 heavy (non-hydrogen) atoms. The van der Waals surface area contributed by atoms with Crippen LogP contribution in [0.2, 0.25) is 0 Å². The van der Waals surface area contributed by atoms with Crippen molar-refractivity contribution in [2.24, 2.45) is 11.7 Å². The number of hydrogen-bond donors (Lipinski definition) is 3. The van der Waals surface area contributed by atoms with Crippen molar-refractivity contribution < 1.29 is 46.7 Å². The van der Waals surface area contributed by atoms with E-state index in [1.54, 1.807) is 12.1 Å². The summed E-state index contributed by atoms with van der Waals surface area (Å²) in [6, 6.07) is 9.15. The Labute approximate surface area is 271 Å². The van der Waals surface area contributed by atoms with E-state index >= 15 is 0 Å². The third-order valence-electron chi connectivity index (χ3n) is 10.8. The molecule has 2 bridgehead atoms. The highest BCUT2D eigenvalue weighted by Crippen LogP contribution is 2.52. The number of piperazine rings is 3. The zero-order valence-corrected chi connectivity index (χ0v) is 27.3. The maximum Gasteiger partial charge on any atom is 0.404 e. The number of carbonyl (C=O) groups excluding carboxylic acids is 2. The first-order chi connectivity index (χ1) is 21.9. The van der Waals surface area contributed by atoms with Crippen molar-refractivity contribution in [3.8, 4) is 0 Å². The number of quaternary nitrogens is 2. The Kier molecular flexibility index (Phi) is 7.55. The van der Waals surface area contributed by atoms with Gasteiger partial charge in [-0.2, -0.15) is 0 Å². The molecule has 4 saturated heterocycles. The Morgan fingerprint density at radius 2 is 1.76 bits per heavy atom. The number of ether oxygens (including phenoxy) is 1. The fourth-order valence-corrected chi connectivity index (χ4v) is 11.5. The highest BCUT2D eigenvalue weighted by atomic mass is 32.2. The molecule has 2 aromatic carbocycles. The highest BCUT2D eigenvalue weighted by Gasteiger charge is 2.58. The number of thioether (sulfide) groups is 1. The van der Waals surface area contributed by atoms with E-state index in [4.69, 9.17) is 10.5 Å². The molecule has 6 aliphatic rings. The quantitative estimate of drug-likeness (QED) is 0.181. The number of carboxylic acid groups (broad SMARTS) is 1. The van der Waals surface area contributed by atoms with E-state index in [-0.39, 0.29) is 22.0 Å². The Balaban J connectivity index is 1.10. The van der Waals surface area contributed by atoms with Gasteiger partial charge >= 0.3 is 12.1 Å². The molecule has 4 N–H and O–H groups in total. The molecule has 2 unspecified atom stereocenters. The number of hydrogen-bond acceptors (Lipinski definition) is 8. The average molecular weight is 674 g/mol. The molecule has 246 valence electrons. The molecule has 6 heterocycles. The second-order valence-electron chi connectivity index (χ2n) is 13.2. The number of sulfonamides is 1. The van der Waals surface area contributed by atoms with Crippen molar-refractivity contribution in [2.75, 3.05) is 69.8 Å². The minimum absolute atomic E-state index is 0.203. The van der Waals surface area contributed by atoms with Crippen LogP contribution in [0.5, 0.6) is 0 Å². The normalized spacial score (nSPS) is 29.7. The first-order valence-electron chi connectivity index (χ1n) is 15.7. The summed E-state index contributed by atoms with van der Waals surface area (Å²) < 4.78 is 36.1. The fourth-order valence-electron chi connectivity index (χ4n) is 8.12.